The Morgan fingerprint density at radius 2 is 1.96 bits per heavy atom. The van der Waals surface area contributed by atoms with Crippen LogP contribution in [0.4, 0.5) is 0 Å². The van der Waals surface area contributed by atoms with Crippen LogP contribution in [0.15, 0.2) is 47.2 Å². The summed E-state index contributed by atoms with van der Waals surface area (Å²) in [6, 6.07) is 11.4. The highest BCUT2D eigenvalue weighted by molar-refractivity contribution is 7.07. The predicted molar refractivity (Wildman–Crippen MR) is 107 cm³/mol. The van der Waals surface area contributed by atoms with Gasteiger partial charge in [-0.3, -0.25) is 9.59 Å². The number of hydrogen-bond acceptors (Lipinski definition) is 4. The summed E-state index contributed by atoms with van der Waals surface area (Å²) in [6.45, 7) is 2.73. The molecule has 2 amide bonds. The number of rotatable bonds is 6. The van der Waals surface area contributed by atoms with Gasteiger partial charge in [0.05, 0.1) is 6.54 Å². The van der Waals surface area contributed by atoms with Crippen molar-refractivity contribution < 1.29 is 9.59 Å². The summed E-state index contributed by atoms with van der Waals surface area (Å²) < 4.78 is 0. The number of benzene rings is 1. The van der Waals surface area contributed by atoms with Crippen molar-refractivity contribution in [1.29, 1.82) is 0 Å². The minimum absolute atomic E-state index is 0.00545. The van der Waals surface area contributed by atoms with E-state index in [0.29, 0.717) is 18.2 Å². The molecule has 1 aliphatic carbocycles. The third-order valence-electron chi connectivity index (χ3n) is 5.81. The standard InChI is InChI=1S/C21H25N3O2S/c25-19(13-23-20(26)17-4-2-1-3-5-17)24(14-16-6-11-27-15-16)18-12-21(18)7-9-22-10-8-21/h1-6,11,15,18,22H,7-10,12-14H2,(H,23,26). The summed E-state index contributed by atoms with van der Waals surface area (Å²) in [5, 5.41) is 10.3. The van der Waals surface area contributed by atoms with Crippen LogP contribution in [-0.4, -0.2) is 42.4 Å². The first-order valence-corrected chi connectivity index (χ1v) is 10.5. The molecule has 1 spiro atoms. The van der Waals surface area contributed by atoms with E-state index in [4.69, 9.17) is 0 Å². The van der Waals surface area contributed by atoms with Gasteiger partial charge in [-0.1, -0.05) is 18.2 Å². The van der Waals surface area contributed by atoms with Crippen molar-refractivity contribution in [3.8, 4) is 0 Å². The van der Waals surface area contributed by atoms with E-state index >= 15 is 0 Å². The van der Waals surface area contributed by atoms with E-state index in [9.17, 15) is 9.59 Å². The maximum atomic E-state index is 13.0. The van der Waals surface area contributed by atoms with Crippen LogP contribution in [0, 0.1) is 5.41 Å². The van der Waals surface area contributed by atoms with Crippen LogP contribution in [-0.2, 0) is 11.3 Å². The Morgan fingerprint density at radius 3 is 2.67 bits per heavy atom. The van der Waals surface area contributed by atoms with Gasteiger partial charge in [0.25, 0.3) is 5.91 Å². The third kappa shape index (κ3) is 4.06. The highest BCUT2D eigenvalue weighted by atomic mass is 32.1. The molecule has 1 atom stereocenters. The van der Waals surface area contributed by atoms with E-state index in [0.717, 1.165) is 32.4 Å². The van der Waals surface area contributed by atoms with Crippen LogP contribution in [0.25, 0.3) is 0 Å². The van der Waals surface area contributed by atoms with E-state index < -0.39 is 0 Å². The number of nitrogens with one attached hydrogen (secondary N) is 2. The van der Waals surface area contributed by atoms with Crippen molar-refractivity contribution >= 4 is 23.2 Å². The lowest BCUT2D eigenvalue weighted by Crippen LogP contribution is -2.43. The maximum Gasteiger partial charge on any atom is 0.251 e. The molecule has 1 aromatic carbocycles. The number of thiophene rings is 1. The lowest BCUT2D eigenvalue weighted by Gasteiger charge is -2.29. The fraction of sp³-hybridized carbons (Fsp3) is 0.429. The molecule has 2 heterocycles. The average Bonchev–Trinajstić information content (AvgIpc) is 3.14. The van der Waals surface area contributed by atoms with Gasteiger partial charge >= 0.3 is 0 Å². The Hall–Kier alpha value is -2.18. The van der Waals surface area contributed by atoms with Crippen LogP contribution in [0.2, 0.25) is 0 Å². The van der Waals surface area contributed by atoms with E-state index in [2.05, 4.69) is 22.1 Å². The topological polar surface area (TPSA) is 61.4 Å². The van der Waals surface area contributed by atoms with Gasteiger partial charge in [-0.25, -0.2) is 0 Å². The van der Waals surface area contributed by atoms with E-state index in [1.807, 2.05) is 28.5 Å². The minimum Gasteiger partial charge on any atom is -0.343 e. The summed E-state index contributed by atoms with van der Waals surface area (Å²) in [5.74, 6) is -0.197. The van der Waals surface area contributed by atoms with Crippen molar-refractivity contribution in [3.63, 3.8) is 0 Å². The molecule has 1 aliphatic heterocycles. The first-order chi connectivity index (χ1) is 13.2. The lowest BCUT2D eigenvalue weighted by molar-refractivity contribution is -0.132. The predicted octanol–water partition coefficient (Wildman–Crippen LogP) is 2.65. The van der Waals surface area contributed by atoms with Crippen LogP contribution in [0.3, 0.4) is 0 Å². The van der Waals surface area contributed by atoms with Crippen molar-refractivity contribution in [2.75, 3.05) is 19.6 Å². The Bertz CT molecular complexity index is 785. The summed E-state index contributed by atoms with van der Waals surface area (Å²) >= 11 is 1.65. The van der Waals surface area contributed by atoms with Gasteiger partial charge in [-0.2, -0.15) is 11.3 Å². The van der Waals surface area contributed by atoms with Crippen LogP contribution in [0.1, 0.15) is 35.2 Å². The van der Waals surface area contributed by atoms with Gasteiger partial charge in [-0.15, -0.1) is 0 Å². The molecule has 1 unspecified atom stereocenters. The highest BCUT2D eigenvalue weighted by Gasteiger charge is 2.57. The first kappa shape index (κ1) is 18.2. The summed E-state index contributed by atoms with van der Waals surface area (Å²) in [5.41, 5.74) is 2.02. The molecule has 2 fully saturated rings. The zero-order valence-corrected chi connectivity index (χ0v) is 16.1. The van der Waals surface area contributed by atoms with Gasteiger partial charge in [0.15, 0.2) is 0 Å². The second-order valence-corrected chi connectivity index (χ2v) is 8.31. The Morgan fingerprint density at radius 1 is 1.19 bits per heavy atom. The minimum atomic E-state index is -0.202. The summed E-state index contributed by atoms with van der Waals surface area (Å²) in [7, 11) is 0. The first-order valence-electron chi connectivity index (χ1n) is 9.52. The molecule has 27 heavy (non-hydrogen) atoms. The molecule has 6 heteroatoms. The molecule has 1 aromatic heterocycles. The van der Waals surface area contributed by atoms with Crippen molar-refractivity contribution in [1.82, 2.24) is 15.5 Å². The molecular weight excluding hydrogens is 358 g/mol. The number of carbonyl (C=O) groups is 2. The molecule has 1 saturated carbocycles. The Labute approximate surface area is 163 Å². The fourth-order valence-corrected chi connectivity index (χ4v) is 4.79. The molecule has 142 valence electrons. The van der Waals surface area contributed by atoms with Crippen molar-refractivity contribution in [2.45, 2.75) is 31.8 Å². The smallest absolute Gasteiger partial charge is 0.251 e. The zero-order valence-electron chi connectivity index (χ0n) is 15.3. The number of piperidine rings is 1. The van der Waals surface area contributed by atoms with Gasteiger partial charge in [-0.05, 0) is 72.3 Å². The SMILES string of the molecule is O=C(NCC(=O)N(Cc1ccsc1)C1CC12CCNCC2)c1ccccc1. The second-order valence-electron chi connectivity index (χ2n) is 7.53. The number of nitrogens with zero attached hydrogens (tertiary/aromatic N) is 1. The molecule has 0 radical (unpaired) electrons. The molecule has 1 saturated heterocycles. The Balaban J connectivity index is 1.42. The normalized spacial score (nSPS) is 20.2. The second kappa shape index (κ2) is 7.82. The molecule has 0 bridgehead atoms. The number of hydrogen-bond donors (Lipinski definition) is 2. The number of carbonyl (C=O) groups excluding carboxylic acids is 2. The molecule has 2 aromatic rings. The largest absolute Gasteiger partial charge is 0.343 e. The zero-order chi connectivity index (χ0) is 18.7. The molecule has 2 aliphatic rings. The van der Waals surface area contributed by atoms with Crippen molar-refractivity contribution in [2.24, 2.45) is 5.41 Å². The van der Waals surface area contributed by atoms with Crippen LogP contribution < -0.4 is 10.6 Å². The fourth-order valence-electron chi connectivity index (χ4n) is 4.13. The average molecular weight is 384 g/mol. The van der Waals surface area contributed by atoms with Gasteiger partial charge in [0.1, 0.15) is 0 Å². The maximum absolute atomic E-state index is 13.0. The van der Waals surface area contributed by atoms with Gasteiger partial charge in [0, 0.05) is 18.2 Å². The molecule has 4 rings (SSSR count). The van der Waals surface area contributed by atoms with Crippen LogP contribution >= 0.6 is 11.3 Å². The quantitative estimate of drug-likeness (QED) is 0.806. The third-order valence-corrected chi connectivity index (χ3v) is 6.54. The monoisotopic (exact) mass is 383 g/mol. The van der Waals surface area contributed by atoms with Gasteiger partial charge in [0.2, 0.25) is 5.91 Å². The Kier molecular flexibility index (Phi) is 5.27. The lowest BCUT2D eigenvalue weighted by atomic mass is 9.93. The van der Waals surface area contributed by atoms with Crippen LogP contribution in [0.5, 0.6) is 0 Å². The van der Waals surface area contributed by atoms with Crippen molar-refractivity contribution in [3.05, 3.63) is 58.3 Å². The molecule has 2 N–H and O–H groups in total. The molecule has 5 nitrogen and oxygen atoms in total. The van der Waals surface area contributed by atoms with E-state index in [-0.39, 0.29) is 23.8 Å². The van der Waals surface area contributed by atoms with Gasteiger partial charge < -0.3 is 15.5 Å². The van der Waals surface area contributed by atoms with E-state index in [1.165, 1.54) is 5.56 Å². The molecular formula is C21H25N3O2S. The summed E-state index contributed by atoms with van der Waals surface area (Å²) in [4.78, 5) is 27.3. The van der Waals surface area contributed by atoms with E-state index in [1.54, 1.807) is 23.5 Å². The number of amides is 2. The summed E-state index contributed by atoms with van der Waals surface area (Å²) in [6.07, 6.45) is 3.33. The highest BCUT2D eigenvalue weighted by Crippen LogP contribution is 2.56.